The van der Waals surface area contributed by atoms with Crippen molar-refractivity contribution in [2.24, 2.45) is 11.3 Å². The number of likely N-dealkylation sites (tertiary alicyclic amines) is 1. The molecular formula is C19H21ClN4O3. The maximum absolute atomic E-state index is 12.8. The number of ether oxygens (including phenoxy) is 1. The number of hydrogen-bond donors (Lipinski definition) is 1. The predicted molar refractivity (Wildman–Crippen MR) is 101 cm³/mol. The number of nitrogens with zero attached hydrogens (tertiary/aromatic N) is 4. The number of carbonyl (C=O) groups excluding carboxylic acids is 1. The molecule has 2 aromatic rings. The summed E-state index contributed by atoms with van der Waals surface area (Å²) < 4.78 is 5.04. The van der Waals surface area contributed by atoms with Crippen molar-refractivity contribution >= 4 is 23.3 Å². The van der Waals surface area contributed by atoms with E-state index in [9.17, 15) is 9.90 Å². The second-order valence-electron chi connectivity index (χ2n) is 7.21. The van der Waals surface area contributed by atoms with Gasteiger partial charge in [0.2, 0.25) is 5.88 Å². The topological polar surface area (TPSA) is 78.8 Å². The van der Waals surface area contributed by atoms with E-state index in [0.29, 0.717) is 36.1 Å². The number of carbonyl (C=O) groups is 1. The highest BCUT2D eigenvalue weighted by Gasteiger charge is 2.53. The van der Waals surface area contributed by atoms with Crippen LogP contribution in [0.1, 0.15) is 10.4 Å². The number of fused-ring (bicyclic) bond motifs is 1. The largest absolute Gasteiger partial charge is 0.481 e. The number of rotatable bonds is 4. The molecule has 2 saturated heterocycles. The molecular weight excluding hydrogens is 368 g/mol. The van der Waals surface area contributed by atoms with Gasteiger partial charge in [0.1, 0.15) is 5.82 Å². The van der Waals surface area contributed by atoms with Crippen LogP contribution in [0.25, 0.3) is 0 Å². The number of hydrogen-bond acceptors (Lipinski definition) is 6. The van der Waals surface area contributed by atoms with Gasteiger partial charge in [-0.2, -0.15) is 0 Å². The highest BCUT2D eigenvalue weighted by atomic mass is 35.5. The Kier molecular flexibility index (Phi) is 4.65. The highest BCUT2D eigenvalue weighted by Crippen LogP contribution is 2.43. The fourth-order valence-electron chi connectivity index (χ4n) is 4.10. The van der Waals surface area contributed by atoms with Crippen LogP contribution >= 0.6 is 11.6 Å². The quantitative estimate of drug-likeness (QED) is 0.859. The van der Waals surface area contributed by atoms with Gasteiger partial charge in [-0.15, -0.1) is 0 Å². The van der Waals surface area contributed by atoms with Gasteiger partial charge in [0, 0.05) is 56.0 Å². The molecule has 2 fully saturated rings. The Hall–Kier alpha value is -2.38. The van der Waals surface area contributed by atoms with Crippen molar-refractivity contribution < 1.29 is 14.6 Å². The Morgan fingerprint density at radius 1 is 1.26 bits per heavy atom. The summed E-state index contributed by atoms with van der Waals surface area (Å²) in [6.07, 6.45) is 3.16. The zero-order valence-electron chi connectivity index (χ0n) is 15.0. The first-order chi connectivity index (χ1) is 13.0. The van der Waals surface area contributed by atoms with E-state index < -0.39 is 0 Å². The molecule has 2 aromatic heterocycles. The molecule has 142 valence electrons. The van der Waals surface area contributed by atoms with Gasteiger partial charge in [0.15, 0.2) is 0 Å². The van der Waals surface area contributed by atoms with Gasteiger partial charge in [-0.05, 0) is 18.2 Å². The van der Waals surface area contributed by atoms with Crippen LogP contribution in [0.2, 0.25) is 5.02 Å². The van der Waals surface area contributed by atoms with E-state index in [1.807, 2.05) is 17.0 Å². The third-order valence-electron chi connectivity index (χ3n) is 5.59. The monoisotopic (exact) mass is 388 g/mol. The van der Waals surface area contributed by atoms with E-state index in [-0.39, 0.29) is 23.8 Å². The lowest BCUT2D eigenvalue weighted by molar-refractivity contribution is 0.0747. The van der Waals surface area contributed by atoms with Crippen LogP contribution in [-0.4, -0.2) is 65.8 Å². The number of methoxy groups -OCH3 is 1. The summed E-state index contributed by atoms with van der Waals surface area (Å²) in [4.78, 5) is 25.3. The molecule has 0 aromatic carbocycles. The molecule has 2 atom stereocenters. The minimum atomic E-state index is -0.336. The lowest BCUT2D eigenvalue weighted by Crippen LogP contribution is -2.39. The van der Waals surface area contributed by atoms with Crippen molar-refractivity contribution in [3.8, 4) is 5.88 Å². The van der Waals surface area contributed by atoms with Gasteiger partial charge in [-0.1, -0.05) is 11.6 Å². The summed E-state index contributed by atoms with van der Waals surface area (Å²) in [5.41, 5.74) is 0.191. The second-order valence-corrected chi connectivity index (χ2v) is 7.64. The van der Waals surface area contributed by atoms with Crippen molar-refractivity contribution in [2.45, 2.75) is 0 Å². The Bertz CT molecular complexity index is 830. The lowest BCUT2D eigenvalue weighted by Gasteiger charge is -2.27. The van der Waals surface area contributed by atoms with Crippen molar-refractivity contribution in [3.05, 3.63) is 47.2 Å². The molecule has 2 aliphatic heterocycles. The average Bonchev–Trinajstić information content (AvgIpc) is 3.23. The van der Waals surface area contributed by atoms with Gasteiger partial charge in [0.25, 0.3) is 5.91 Å². The van der Waals surface area contributed by atoms with Crippen LogP contribution in [0.3, 0.4) is 0 Å². The Morgan fingerprint density at radius 3 is 2.70 bits per heavy atom. The first-order valence-electron chi connectivity index (χ1n) is 8.81. The Balaban J connectivity index is 1.49. The molecule has 0 radical (unpaired) electrons. The van der Waals surface area contributed by atoms with E-state index in [2.05, 4.69) is 14.9 Å². The molecule has 0 spiro atoms. The molecule has 0 saturated carbocycles. The molecule has 0 aliphatic carbocycles. The smallest absolute Gasteiger partial charge is 0.255 e. The summed E-state index contributed by atoms with van der Waals surface area (Å²) in [7, 11) is 1.54. The van der Waals surface area contributed by atoms with Gasteiger partial charge >= 0.3 is 0 Å². The number of amides is 1. The number of halogens is 1. The van der Waals surface area contributed by atoms with E-state index in [1.165, 1.54) is 13.3 Å². The minimum absolute atomic E-state index is 0.0341. The highest BCUT2D eigenvalue weighted by molar-refractivity contribution is 6.30. The fraction of sp³-hybridized carbons (Fsp3) is 0.421. The number of aliphatic hydroxyl groups excluding tert-OH is 1. The van der Waals surface area contributed by atoms with Gasteiger partial charge in [0.05, 0.1) is 24.3 Å². The molecule has 0 unspecified atom stereocenters. The van der Waals surface area contributed by atoms with Crippen molar-refractivity contribution in [2.75, 3.05) is 44.8 Å². The van der Waals surface area contributed by atoms with Crippen molar-refractivity contribution in [3.63, 3.8) is 0 Å². The predicted octanol–water partition coefficient (Wildman–Crippen LogP) is 1.71. The van der Waals surface area contributed by atoms with E-state index in [1.54, 1.807) is 18.3 Å². The van der Waals surface area contributed by atoms with Gasteiger partial charge in [-0.25, -0.2) is 9.97 Å². The zero-order chi connectivity index (χ0) is 19.0. The molecule has 7 nitrogen and oxygen atoms in total. The Morgan fingerprint density at radius 2 is 2.11 bits per heavy atom. The second kappa shape index (κ2) is 6.98. The molecule has 2 aliphatic rings. The first kappa shape index (κ1) is 18.0. The normalized spacial score (nSPS) is 24.2. The fourth-order valence-corrected chi connectivity index (χ4v) is 4.21. The van der Waals surface area contributed by atoms with E-state index >= 15 is 0 Å². The summed E-state index contributed by atoms with van der Waals surface area (Å²) in [6, 6.07) is 7.11. The van der Waals surface area contributed by atoms with Crippen LogP contribution in [0, 0.1) is 11.3 Å². The van der Waals surface area contributed by atoms with Gasteiger partial charge in [-0.3, -0.25) is 4.79 Å². The van der Waals surface area contributed by atoms with E-state index in [0.717, 1.165) is 12.4 Å². The summed E-state index contributed by atoms with van der Waals surface area (Å²) in [5.74, 6) is 1.44. The lowest BCUT2D eigenvalue weighted by atomic mass is 9.82. The minimum Gasteiger partial charge on any atom is -0.481 e. The Labute approximate surface area is 162 Å². The number of pyridine rings is 2. The van der Waals surface area contributed by atoms with Crippen LogP contribution in [0.4, 0.5) is 5.82 Å². The summed E-state index contributed by atoms with van der Waals surface area (Å²) >= 11 is 5.92. The van der Waals surface area contributed by atoms with E-state index in [4.69, 9.17) is 16.3 Å². The van der Waals surface area contributed by atoms with Crippen LogP contribution < -0.4 is 9.64 Å². The summed E-state index contributed by atoms with van der Waals surface area (Å²) in [5, 5.41) is 10.7. The molecule has 4 rings (SSSR count). The third kappa shape index (κ3) is 3.21. The van der Waals surface area contributed by atoms with Crippen molar-refractivity contribution in [1.82, 2.24) is 14.9 Å². The first-order valence-corrected chi connectivity index (χ1v) is 9.19. The van der Waals surface area contributed by atoms with Crippen molar-refractivity contribution in [1.29, 1.82) is 0 Å². The zero-order valence-corrected chi connectivity index (χ0v) is 15.8. The summed E-state index contributed by atoms with van der Waals surface area (Å²) in [6.45, 7) is 2.57. The van der Waals surface area contributed by atoms with Crippen LogP contribution in [-0.2, 0) is 0 Å². The molecule has 1 amide bonds. The van der Waals surface area contributed by atoms with Crippen LogP contribution in [0.5, 0.6) is 5.88 Å². The molecule has 1 N–H and O–H groups in total. The number of anilines is 1. The molecule has 8 heteroatoms. The number of aliphatic hydroxyl groups is 1. The standard InChI is InChI=1S/C19H21ClN4O3/c1-27-17-5-2-13(6-22-17)18(26)24-9-14-8-23(10-19(14,11-24)12-25)16-4-3-15(20)7-21-16/h2-7,14,25H,8-12H2,1H3/t14-,19+/m0/s1. The molecule has 4 heterocycles. The number of aromatic nitrogens is 2. The molecule has 0 bridgehead atoms. The maximum Gasteiger partial charge on any atom is 0.255 e. The van der Waals surface area contributed by atoms with Gasteiger partial charge < -0.3 is 19.6 Å². The molecule has 27 heavy (non-hydrogen) atoms. The SMILES string of the molecule is COc1ccc(C(=O)N2C[C@@H]3CN(c4ccc(Cl)cn4)C[C@]3(CO)C2)cn1. The third-order valence-corrected chi connectivity index (χ3v) is 5.81. The average molecular weight is 389 g/mol. The maximum atomic E-state index is 12.8. The van der Waals surface area contributed by atoms with Crippen LogP contribution in [0.15, 0.2) is 36.7 Å².